The number of benzene rings is 5. The molecule has 87 heavy (non-hydrogen) atoms. The zero-order chi connectivity index (χ0) is 63.0. The van der Waals surface area contributed by atoms with Gasteiger partial charge < -0.3 is 0 Å². The quantitative estimate of drug-likeness (QED) is 0.122. The van der Waals surface area contributed by atoms with Crippen LogP contribution < -0.4 is 22.8 Å². The summed E-state index contributed by atoms with van der Waals surface area (Å²) in [6.07, 6.45) is 11.1. The van der Waals surface area contributed by atoms with E-state index in [-0.39, 0.29) is 37.1 Å². The Hall–Kier alpha value is -8.15. The van der Waals surface area contributed by atoms with E-state index < -0.39 is 12.7 Å². The van der Waals surface area contributed by atoms with Crippen molar-refractivity contribution >= 4 is 0 Å². The molecule has 0 fully saturated rings. The maximum atomic E-state index is 7.88. The molecule has 5 aromatic carbocycles. The van der Waals surface area contributed by atoms with E-state index in [1.54, 1.807) is 13.8 Å². The molecule has 5 heterocycles. The number of hydrogen-bond acceptors (Lipinski definition) is 0. The van der Waals surface area contributed by atoms with Gasteiger partial charge in [0.25, 0.3) is 0 Å². The first-order valence-electron chi connectivity index (χ1n) is 31.0. The van der Waals surface area contributed by atoms with Gasteiger partial charge >= 0.3 is 0 Å². The minimum absolute atomic E-state index is 0. The highest BCUT2D eigenvalue weighted by Crippen LogP contribution is 2.26. The molecule has 0 saturated carbocycles. The molecular formula is C82H114N5+5. The lowest BCUT2D eigenvalue weighted by atomic mass is 10.0. The second-order valence-corrected chi connectivity index (χ2v) is 21.5. The van der Waals surface area contributed by atoms with Crippen LogP contribution in [-0.4, -0.2) is 0 Å². The van der Waals surface area contributed by atoms with Gasteiger partial charge in [-0.25, -0.2) is 22.8 Å². The van der Waals surface area contributed by atoms with Crippen molar-refractivity contribution in [2.24, 2.45) is 35.2 Å². The van der Waals surface area contributed by atoms with Crippen LogP contribution in [0.4, 0.5) is 0 Å². The fraction of sp³-hybridized carbons (Fsp3) is 0.329. The zero-order valence-corrected chi connectivity index (χ0v) is 52.4. The number of rotatable bonds is 10. The van der Waals surface area contributed by atoms with Crippen molar-refractivity contribution in [1.29, 1.82) is 0 Å². The lowest BCUT2D eigenvalue weighted by Gasteiger charge is -2.07. The van der Waals surface area contributed by atoms with Crippen LogP contribution in [0.2, 0.25) is 0 Å². The Morgan fingerprint density at radius 2 is 0.621 bits per heavy atom. The summed E-state index contributed by atoms with van der Waals surface area (Å²) in [5.74, 6) is 0. The van der Waals surface area contributed by atoms with E-state index in [1.807, 2.05) is 87.4 Å². The number of nitrogens with zero attached hydrogens (tertiary/aromatic N) is 5. The molecule has 5 aromatic heterocycles. The molecule has 0 amide bonds. The summed E-state index contributed by atoms with van der Waals surface area (Å²) in [6, 6.07) is 59.1. The molecule has 0 saturated heterocycles. The first-order valence-corrected chi connectivity index (χ1v) is 29.0. The third-order valence-electron chi connectivity index (χ3n) is 15.5. The Morgan fingerprint density at radius 3 is 1.00 bits per heavy atom. The van der Waals surface area contributed by atoms with Crippen LogP contribution in [-0.2, 0) is 67.2 Å². The topological polar surface area (TPSA) is 19.4 Å². The molecule has 0 spiro atoms. The van der Waals surface area contributed by atoms with E-state index in [2.05, 4.69) is 241 Å². The normalized spacial score (nSPS) is 10.9. The van der Waals surface area contributed by atoms with Gasteiger partial charge in [0, 0.05) is 93.0 Å². The molecule has 5 heteroatoms. The minimum atomic E-state index is -1.31. The summed E-state index contributed by atoms with van der Waals surface area (Å²) < 4.78 is 41.9. The molecule has 0 N–H and O–H groups in total. The maximum Gasteiger partial charge on any atom is 0.212 e. The molecule has 0 aliphatic carbocycles. The van der Waals surface area contributed by atoms with Gasteiger partial charge in [-0.1, -0.05) is 151 Å². The van der Waals surface area contributed by atoms with Gasteiger partial charge in [0.2, 0.25) is 28.5 Å². The third kappa shape index (κ3) is 20.5. The Balaban J connectivity index is 0.000000562. The van der Waals surface area contributed by atoms with Crippen LogP contribution in [0.25, 0.3) is 56.3 Å². The molecule has 0 unspecified atom stereocenters. The number of aryl methyl sites for hydroxylation is 17. The molecule has 10 rings (SSSR count). The summed E-state index contributed by atoms with van der Waals surface area (Å²) in [4.78, 5) is 0. The molecule has 0 aliphatic rings. The van der Waals surface area contributed by atoms with Crippen LogP contribution in [0, 0.1) is 48.5 Å². The van der Waals surface area contributed by atoms with Crippen LogP contribution in [0.3, 0.4) is 0 Å². The standard InChI is InChI=1S/2C16H20N.3C15H18N.5CH4/c2*1-5-14-11-17(4)16(10-13(14)3)15-9-7-6-8-12(15)2;2*1-4-13-8-9-14(12(2)11-13)15-7-5-6-10-16(15)3;1-4-13-9-10-16(3)15(11-13)14-8-6-5-7-12(14)2;;;;;/h2*6-11H,5H2,1-4H3;3*5-11H,4H2,1-3H3;5*1H4/q5*+1;;;;;/i5D2;;4D2;;;;;;;. The van der Waals surface area contributed by atoms with Gasteiger partial charge in [-0.3, -0.25) is 0 Å². The smallest absolute Gasteiger partial charge is 0.201 e. The van der Waals surface area contributed by atoms with Crippen molar-refractivity contribution in [2.45, 2.75) is 152 Å². The summed E-state index contributed by atoms with van der Waals surface area (Å²) in [7, 11) is 10.3. The van der Waals surface area contributed by atoms with Crippen LogP contribution in [0.15, 0.2) is 201 Å². The SMILES string of the molecule is C.C.C.C.C.CCc1c[n+](C)c(-c2ccccc2C)cc1C.CCc1cc[n+](C)c(-c2ccccc2C)c1.CCc1ccc(-c2cccc[n+]2C)c(C)c1.[2H]C([2H])(C)c1c[n+](C)c(-c2ccccc2C)cc1C.[2H]C([2H])(C)c1ccc(-c2cccc[n+]2C)c(C)c1. The fourth-order valence-corrected chi connectivity index (χ4v) is 10.3. The summed E-state index contributed by atoms with van der Waals surface area (Å²) in [6.45, 7) is 24.6. The molecule has 10 aromatic rings. The summed E-state index contributed by atoms with van der Waals surface area (Å²) in [5, 5.41) is 0. The van der Waals surface area contributed by atoms with E-state index in [9.17, 15) is 0 Å². The van der Waals surface area contributed by atoms with E-state index in [1.165, 1.54) is 83.8 Å². The second-order valence-electron chi connectivity index (χ2n) is 21.5. The highest BCUT2D eigenvalue weighted by atomic mass is 14.9. The van der Waals surface area contributed by atoms with Crippen molar-refractivity contribution in [3.63, 3.8) is 0 Å². The Bertz CT molecular complexity index is 3910. The van der Waals surface area contributed by atoms with Gasteiger partial charge in [-0.15, -0.1) is 0 Å². The van der Waals surface area contributed by atoms with Crippen LogP contribution in [0.1, 0.15) is 144 Å². The minimum Gasteiger partial charge on any atom is -0.201 e. The zero-order valence-electron chi connectivity index (χ0n) is 56.4. The lowest BCUT2D eigenvalue weighted by Crippen LogP contribution is -2.32. The second kappa shape index (κ2) is 37.4. The van der Waals surface area contributed by atoms with Crippen LogP contribution in [0.5, 0.6) is 0 Å². The predicted molar refractivity (Wildman–Crippen MR) is 379 cm³/mol. The molecule has 0 bridgehead atoms. The summed E-state index contributed by atoms with van der Waals surface area (Å²) in [5.41, 5.74) is 26.8. The van der Waals surface area contributed by atoms with Gasteiger partial charge in [-0.05, 0) is 179 Å². The van der Waals surface area contributed by atoms with Gasteiger partial charge in [-0.2, -0.15) is 0 Å². The average Bonchev–Trinajstić information content (AvgIpc) is 0.884. The molecule has 5 nitrogen and oxygen atoms in total. The highest BCUT2D eigenvalue weighted by molar-refractivity contribution is 5.65. The molecule has 462 valence electrons. The third-order valence-corrected chi connectivity index (χ3v) is 15.5. The first kappa shape index (κ1) is 69.6. The largest absolute Gasteiger partial charge is 0.212 e. The number of pyridine rings is 5. The van der Waals surface area contributed by atoms with Crippen molar-refractivity contribution < 1.29 is 28.3 Å². The van der Waals surface area contributed by atoms with Gasteiger partial charge in [0.1, 0.15) is 35.2 Å². The van der Waals surface area contributed by atoms with E-state index >= 15 is 0 Å². The first-order chi connectivity index (χ1) is 40.8. The van der Waals surface area contributed by atoms with Crippen molar-refractivity contribution in [3.8, 4) is 56.3 Å². The average molecular weight is 1170 g/mol. The number of aromatic nitrogens is 5. The highest BCUT2D eigenvalue weighted by Gasteiger charge is 2.17. The lowest BCUT2D eigenvalue weighted by molar-refractivity contribution is -0.661. The fourth-order valence-electron chi connectivity index (χ4n) is 10.3. The molecule has 0 radical (unpaired) electrons. The summed E-state index contributed by atoms with van der Waals surface area (Å²) >= 11 is 0. The Kier molecular flexibility index (Phi) is 29.9. The molecule has 0 atom stereocenters. The Labute approximate surface area is 537 Å². The van der Waals surface area contributed by atoms with Crippen molar-refractivity contribution in [2.75, 3.05) is 0 Å². The van der Waals surface area contributed by atoms with Crippen molar-refractivity contribution in [1.82, 2.24) is 0 Å². The van der Waals surface area contributed by atoms with E-state index in [0.29, 0.717) is 0 Å². The monoisotopic (exact) mass is 1170 g/mol. The van der Waals surface area contributed by atoms with Gasteiger partial charge in [0.05, 0.1) is 0 Å². The molecular weight excluding hydrogens is 1050 g/mol. The van der Waals surface area contributed by atoms with E-state index in [0.717, 1.165) is 58.5 Å². The van der Waals surface area contributed by atoms with E-state index in [4.69, 9.17) is 5.48 Å². The molecule has 0 aliphatic heterocycles. The van der Waals surface area contributed by atoms with Crippen molar-refractivity contribution in [3.05, 3.63) is 268 Å². The van der Waals surface area contributed by atoms with Gasteiger partial charge in [0.15, 0.2) is 31.0 Å². The van der Waals surface area contributed by atoms with Crippen LogP contribution >= 0.6 is 0 Å². The Morgan fingerprint density at radius 1 is 0.276 bits per heavy atom. The number of hydrogen-bond donors (Lipinski definition) is 0. The maximum absolute atomic E-state index is 7.88. The predicted octanol–water partition coefficient (Wildman–Crippen LogP) is 19.0.